The number of benzene rings is 2. The molecule has 0 spiro atoms. The van der Waals surface area contributed by atoms with Crippen molar-refractivity contribution < 1.29 is 4.79 Å². The van der Waals surface area contributed by atoms with E-state index in [1.54, 1.807) is 6.20 Å². The van der Waals surface area contributed by atoms with Gasteiger partial charge < -0.3 is 15.6 Å². The molecule has 2 heterocycles. The van der Waals surface area contributed by atoms with Crippen molar-refractivity contribution in [2.45, 2.75) is 13.1 Å². The molecular weight excluding hydrogens is 398 g/mol. The largest absolute Gasteiger partial charge is 0.366 e. The van der Waals surface area contributed by atoms with Crippen molar-refractivity contribution in [3.63, 3.8) is 0 Å². The first kappa shape index (κ1) is 19.7. The first-order chi connectivity index (χ1) is 14.6. The third-order valence-corrected chi connectivity index (χ3v) is 5.07. The van der Waals surface area contributed by atoms with Crippen molar-refractivity contribution in [1.29, 1.82) is 0 Å². The highest BCUT2D eigenvalue weighted by molar-refractivity contribution is 6.33. The Hall–Kier alpha value is -3.64. The molecule has 0 aliphatic carbocycles. The van der Waals surface area contributed by atoms with Crippen LogP contribution in [0, 0.1) is 0 Å². The summed E-state index contributed by atoms with van der Waals surface area (Å²) in [4.78, 5) is 19.5. The van der Waals surface area contributed by atoms with Crippen molar-refractivity contribution in [2.24, 2.45) is 5.73 Å². The zero-order valence-corrected chi connectivity index (χ0v) is 16.9. The summed E-state index contributed by atoms with van der Waals surface area (Å²) in [5.74, 6) is -0.0510. The van der Waals surface area contributed by atoms with Gasteiger partial charge in [0.15, 0.2) is 0 Å². The quantitative estimate of drug-likeness (QED) is 0.468. The molecule has 7 heteroatoms. The number of hydrogen-bond acceptors (Lipinski definition) is 4. The molecule has 0 aliphatic rings. The molecule has 0 aliphatic heterocycles. The minimum absolute atomic E-state index is 0.279. The Morgan fingerprint density at radius 2 is 1.93 bits per heavy atom. The fourth-order valence-corrected chi connectivity index (χ4v) is 3.45. The Balaban J connectivity index is 1.51. The second-order valence-corrected chi connectivity index (χ2v) is 7.27. The molecule has 1 amide bonds. The van der Waals surface area contributed by atoms with Crippen molar-refractivity contribution >= 4 is 23.3 Å². The maximum Gasteiger partial charge on any atom is 0.250 e. The third-order valence-electron chi connectivity index (χ3n) is 4.78. The van der Waals surface area contributed by atoms with E-state index in [1.807, 2.05) is 29.2 Å². The van der Waals surface area contributed by atoms with Gasteiger partial charge in [-0.15, -0.1) is 0 Å². The van der Waals surface area contributed by atoms with Crippen molar-refractivity contribution in [3.05, 3.63) is 101 Å². The van der Waals surface area contributed by atoms with Gasteiger partial charge in [0.1, 0.15) is 5.82 Å². The van der Waals surface area contributed by atoms with Crippen LogP contribution < -0.4 is 11.1 Å². The summed E-state index contributed by atoms with van der Waals surface area (Å²) >= 11 is 6.23. The lowest BCUT2D eigenvalue weighted by Gasteiger charge is -2.13. The van der Waals surface area contributed by atoms with E-state index >= 15 is 0 Å². The highest BCUT2D eigenvalue weighted by atomic mass is 35.5. The molecule has 0 saturated carbocycles. The number of pyridine rings is 1. The number of primary amides is 1. The zero-order valence-electron chi connectivity index (χ0n) is 16.1. The van der Waals surface area contributed by atoms with Crippen molar-refractivity contribution in [2.75, 3.05) is 5.32 Å². The number of nitrogens with zero attached hydrogens (tertiary/aromatic N) is 3. The van der Waals surface area contributed by atoms with Gasteiger partial charge in [0.05, 0.1) is 16.9 Å². The Labute approximate surface area is 179 Å². The average molecular weight is 418 g/mol. The number of nitrogens with one attached hydrogen (secondary N) is 1. The van der Waals surface area contributed by atoms with E-state index in [0.717, 1.165) is 23.2 Å². The lowest BCUT2D eigenvalue weighted by Crippen LogP contribution is -2.12. The lowest BCUT2D eigenvalue weighted by molar-refractivity contribution is 0.1000. The number of aromatic nitrogens is 3. The lowest BCUT2D eigenvalue weighted by atomic mass is 9.98. The minimum atomic E-state index is -0.558. The third kappa shape index (κ3) is 4.50. The first-order valence-corrected chi connectivity index (χ1v) is 9.80. The monoisotopic (exact) mass is 417 g/mol. The van der Waals surface area contributed by atoms with Gasteiger partial charge in [-0.2, -0.15) is 0 Å². The minimum Gasteiger partial charge on any atom is -0.366 e. The molecule has 2 aromatic heterocycles. The number of rotatable bonds is 7. The maximum atomic E-state index is 11.3. The average Bonchev–Trinajstić information content (AvgIpc) is 3.27. The summed E-state index contributed by atoms with van der Waals surface area (Å²) in [5.41, 5.74) is 10.1. The molecule has 30 heavy (non-hydrogen) atoms. The van der Waals surface area contributed by atoms with E-state index in [-0.39, 0.29) is 5.56 Å². The summed E-state index contributed by atoms with van der Waals surface area (Å²) in [5, 5.41) is 3.60. The van der Waals surface area contributed by atoms with Crippen LogP contribution in [-0.2, 0) is 13.1 Å². The molecule has 0 saturated heterocycles. The highest BCUT2D eigenvalue weighted by Gasteiger charge is 2.09. The smallest absolute Gasteiger partial charge is 0.250 e. The molecule has 0 bridgehead atoms. The molecule has 0 radical (unpaired) electrons. The number of carbonyl (C=O) groups is 1. The van der Waals surface area contributed by atoms with Crippen LogP contribution in [0.15, 0.2) is 79.5 Å². The Morgan fingerprint density at radius 3 is 2.63 bits per heavy atom. The van der Waals surface area contributed by atoms with Crippen LogP contribution in [-0.4, -0.2) is 20.4 Å². The van der Waals surface area contributed by atoms with Gasteiger partial charge in [0, 0.05) is 31.7 Å². The Kier molecular flexibility index (Phi) is 5.77. The van der Waals surface area contributed by atoms with Gasteiger partial charge in [0.2, 0.25) is 5.91 Å². The van der Waals surface area contributed by atoms with Crippen LogP contribution in [0.3, 0.4) is 0 Å². The Bertz CT molecular complexity index is 1160. The van der Waals surface area contributed by atoms with Crippen LogP contribution in [0.4, 0.5) is 5.82 Å². The van der Waals surface area contributed by atoms with E-state index in [0.29, 0.717) is 17.4 Å². The fourth-order valence-electron chi connectivity index (χ4n) is 3.22. The van der Waals surface area contributed by atoms with Gasteiger partial charge in [-0.05, 0) is 28.3 Å². The second kappa shape index (κ2) is 8.80. The summed E-state index contributed by atoms with van der Waals surface area (Å²) in [6, 6.07) is 18.2. The zero-order chi connectivity index (χ0) is 20.9. The van der Waals surface area contributed by atoms with E-state index in [2.05, 4.69) is 51.7 Å². The molecule has 0 fully saturated rings. The number of carbonyl (C=O) groups excluding carboxylic acids is 1. The van der Waals surface area contributed by atoms with E-state index in [1.165, 1.54) is 17.8 Å². The number of nitrogens with two attached hydrogens (primary N) is 1. The topological polar surface area (TPSA) is 85.8 Å². The van der Waals surface area contributed by atoms with Crippen molar-refractivity contribution in [1.82, 2.24) is 14.5 Å². The van der Waals surface area contributed by atoms with Gasteiger partial charge in [-0.25, -0.2) is 9.97 Å². The molecule has 4 rings (SSSR count). The molecule has 0 atom stereocenters. The molecule has 0 unspecified atom stereocenters. The van der Waals surface area contributed by atoms with Gasteiger partial charge >= 0.3 is 0 Å². The Morgan fingerprint density at radius 1 is 1.13 bits per heavy atom. The first-order valence-electron chi connectivity index (χ1n) is 9.42. The normalized spacial score (nSPS) is 10.7. The second-order valence-electron chi connectivity index (χ2n) is 6.86. The van der Waals surface area contributed by atoms with Gasteiger partial charge in [-0.3, -0.25) is 4.79 Å². The number of amides is 1. The molecule has 4 aromatic rings. The van der Waals surface area contributed by atoms with Crippen LogP contribution in [0.25, 0.3) is 11.1 Å². The van der Waals surface area contributed by atoms with Crippen LogP contribution in [0.1, 0.15) is 21.5 Å². The maximum absolute atomic E-state index is 11.3. The van der Waals surface area contributed by atoms with Gasteiger partial charge in [0.25, 0.3) is 0 Å². The van der Waals surface area contributed by atoms with Crippen LogP contribution in [0.2, 0.25) is 5.02 Å². The standard InChI is InChI=1S/C23H20ClN5O/c24-21-11-19(22(25)30)13-28-23(21)27-12-18-3-1-2-4-20(18)17-7-5-16(6-8-17)14-29-10-9-26-15-29/h1-11,13,15H,12,14H2,(H2,25,30)(H,27,28). The summed E-state index contributed by atoms with van der Waals surface area (Å²) < 4.78 is 2.03. The van der Waals surface area contributed by atoms with E-state index in [4.69, 9.17) is 17.3 Å². The van der Waals surface area contributed by atoms with Crippen LogP contribution >= 0.6 is 11.6 Å². The molecular formula is C23H20ClN5O. The predicted octanol–water partition coefficient (Wildman–Crippen LogP) is 4.36. The van der Waals surface area contributed by atoms with Gasteiger partial charge in [-0.1, -0.05) is 60.1 Å². The summed E-state index contributed by atoms with van der Waals surface area (Å²) in [6.45, 7) is 1.32. The summed E-state index contributed by atoms with van der Waals surface area (Å²) in [6.07, 6.45) is 6.95. The van der Waals surface area contributed by atoms with E-state index < -0.39 is 5.91 Å². The van der Waals surface area contributed by atoms with Crippen molar-refractivity contribution in [3.8, 4) is 11.1 Å². The summed E-state index contributed by atoms with van der Waals surface area (Å²) in [7, 11) is 0. The molecule has 6 nitrogen and oxygen atoms in total. The molecule has 3 N–H and O–H groups in total. The number of halogens is 1. The fraction of sp³-hybridized carbons (Fsp3) is 0.0870. The molecule has 150 valence electrons. The number of anilines is 1. The van der Waals surface area contributed by atoms with E-state index in [9.17, 15) is 4.79 Å². The number of hydrogen-bond donors (Lipinski definition) is 2. The highest BCUT2D eigenvalue weighted by Crippen LogP contribution is 2.26. The van der Waals surface area contributed by atoms with Crippen LogP contribution in [0.5, 0.6) is 0 Å². The predicted molar refractivity (Wildman–Crippen MR) is 118 cm³/mol. The molecule has 2 aromatic carbocycles. The SMILES string of the molecule is NC(=O)c1cnc(NCc2ccccc2-c2ccc(Cn3ccnc3)cc2)c(Cl)c1. The number of imidazole rings is 1.